The minimum Gasteiger partial charge on any atom is -0.314 e. The highest BCUT2D eigenvalue weighted by molar-refractivity contribution is 9.10. The average molecular weight is 305 g/mol. The summed E-state index contributed by atoms with van der Waals surface area (Å²) in [5.74, 6) is -1.55. The fraction of sp³-hybridized carbons (Fsp3) is 0.500. The van der Waals surface area contributed by atoms with Crippen molar-refractivity contribution >= 4 is 15.9 Å². The predicted octanol–water partition coefficient (Wildman–Crippen LogP) is 2.52. The van der Waals surface area contributed by atoms with Crippen molar-refractivity contribution in [1.82, 2.24) is 10.2 Å². The van der Waals surface area contributed by atoms with Crippen molar-refractivity contribution in [3.05, 3.63) is 33.8 Å². The van der Waals surface area contributed by atoms with Crippen LogP contribution >= 0.6 is 15.9 Å². The largest absolute Gasteiger partial charge is 0.314 e. The molecule has 1 aromatic carbocycles. The predicted molar refractivity (Wildman–Crippen MR) is 66.8 cm³/mol. The highest BCUT2D eigenvalue weighted by Gasteiger charge is 2.20. The van der Waals surface area contributed by atoms with Crippen LogP contribution < -0.4 is 5.32 Å². The van der Waals surface area contributed by atoms with E-state index in [0.29, 0.717) is 18.2 Å². The molecule has 1 aromatic rings. The van der Waals surface area contributed by atoms with Gasteiger partial charge in [0.05, 0.1) is 4.47 Å². The minimum absolute atomic E-state index is 0.173. The number of benzene rings is 1. The molecule has 1 aliphatic heterocycles. The summed E-state index contributed by atoms with van der Waals surface area (Å²) >= 11 is 2.98. The van der Waals surface area contributed by atoms with Gasteiger partial charge >= 0.3 is 0 Å². The van der Waals surface area contributed by atoms with Crippen LogP contribution in [0.5, 0.6) is 0 Å². The van der Waals surface area contributed by atoms with Gasteiger partial charge in [-0.25, -0.2) is 8.78 Å². The van der Waals surface area contributed by atoms with E-state index in [1.807, 2.05) is 0 Å². The van der Waals surface area contributed by atoms with Gasteiger partial charge in [0.1, 0.15) is 0 Å². The molecule has 1 N–H and O–H groups in total. The van der Waals surface area contributed by atoms with Crippen molar-refractivity contribution in [2.24, 2.45) is 0 Å². The summed E-state index contributed by atoms with van der Waals surface area (Å²) in [6.45, 7) is 5.18. The molecule has 0 bridgehead atoms. The molecule has 94 valence electrons. The molecular weight excluding hydrogens is 290 g/mol. The third-order valence-corrected chi connectivity index (χ3v) is 3.74. The van der Waals surface area contributed by atoms with E-state index in [1.165, 1.54) is 0 Å². The Hall–Kier alpha value is -0.520. The van der Waals surface area contributed by atoms with E-state index in [2.05, 4.69) is 33.1 Å². The Bertz CT molecular complexity index is 412. The number of nitrogens with one attached hydrogen (secondary N) is 1. The second-order valence-electron chi connectivity index (χ2n) is 4.36. The SMILES string of the molecule is CC1CNCCN1Cc1ccc(Br)c(F)c1F. The summed E-state index contributed by atoms with van der Waals surface area (Å²) in [4.78, 5) is 2.16. The number of piperazine rings is 1. The highest BCUT2D eigenvalue weighted by atomic mass is 79.9. The molecule has 1 heterocycles. The highest BCUT2D eigenvalue weighted by Crippen LogP contribution is 2.22. The maximum atomic E-state index is 13.7. The molecule has 2 nitrogen and oxygen atoms in total. The van der Waals surface area contributed by atoms with Crippen LogP contribution in [0.3, 0.4) is 0 Å². The van der Waals surface area contributed by atoms with Crippen LogP contribution in [0.25, 0.3) is 0 Å². The van der Waals surface area contributed by atoms with Crippen LogP contribution in [0.2, 0.25) is 0 Å². The fourth-order valence-electron chi connectivity index (χ4n) is 2.02. The smallest absolute Gasteiger partial charge is 0.173 e. The lowest BCUT2D eigenvalue weighted by atomic mass is 10.1. The van der Waals surface area contributed by atoms with Crippen LogP contribution in [-0.2, 0) is 6.54 Å². The quantitative estimate of drug-likeness (QED) is 0.845. The van der Waals surface area contributed by atoms with E-state index in [-0.39, 0.29) is 4.47 Å². The molecule has 0 spiro atoms. The van der Waals surface area contributed by atoms with Gasteiger partial charge in [0, 0.05) is 37.8 Å². The maximum absolute atomic E-state index is 13.7. The number of hydrogen-bond donors (Lipinski definition) is 1. The van der Waals surface area contributed by atoms with E-state index in [4.69, 9.17) is 0 Å². The van der Waals surface area contributed by atoms with Gasteiger partial charge in [-0.2, -0.15) is 0 Å². The number of halogens is 3. The molecule has 1 saturated heterocycles. The Morgan fingerprint density at radius 1 is 1.41 bits per heavy atom. The van der Waals surface area contributed by atoms with Crippen molar-refractivity contribution in [2.45, 2.75) is 19.5 Å². The topological polar surface area (TPSA) is 15.3 Å². The summed E-state index contributed by atoms with van der Waals surface area (Å²) < 4.78 is 27.3. The summed E-state index contributed by atoms with van der Waals surface area (Å²) in [5.41, 5.74) is 0.416. The molecule has 0 amide bonds. The van der Waals surface area contributed by atoms with Gasteiger partial charge in [-0.3, -0.25) is 4.90 Å². The normalized spacial score (nSPS) is 21.8. The van der Waals surface area contributed by atoms with E-state index in [0.717, 1.165) is 19.6 Å². The zero-order valence-corrected chi connectivity index (χ0v) is 11.2. The Morgan fingerprint density at radius 2 is 2.18 bits per heavy atom. The second kappa shape index (κ2) is 5.42. The molecule has 0 radical (unpaired) electrons. The average Bonchev–Trinajstić information content (AvgIpc) is 2.32. The van der Waals surface area contributed by atoms with Crippen LogP contribution in [0, 0.1) is 11.6 Å². The lowest BCUT2D eigenvalue weighted by molar-refractivity contribution is 0.163. The van der Waals surface area contributed by atoms with Gasteiger partial charge in [-0.1, -0.05) is 6.07 Å². The standard InChI is InChI=1S/C12H15BrF2N2/c1-8-6-16-4-5-17(8)7-9-2-3-10(13)12(15)11(9)14/h2-3,8,16H,4-7H2,1H3. The Labute approximate surface area is 108 Å². The third-order valence-electron chi connectivity index (χ3n) is 3.13. The van der Waals surface area contributed by atoms with Gasteiger partial charge in [-0.05, 0) is 28.9 Å². The first kappa shape index (κ1) is 12.9. The zero-order valence-electron chi connectivity index (χ0n) is 9.64. The molecule has 1 aliphatic rings. The lowest BCUT2D eigenvalue weighted by Crippen LogP contribution is -2.49. The van der Waals surface area contributed by atoms with Crippen molar-refractivity contribution in [1.29, 1.82) is 0 Å². The summed E-state index contributed by atoms with van der Waals surface area (Å²) in [7, 11) is 0. The Kier molecular flexibility index (Phi) is 4.12. The van der Waals surface area contributed by atoms with Gasteiger partial charge in [0.15, 0.2) is 11.6 Å². The summed E-state index contributed by atoms with van der Waals surface area (Å²) in [6.07, 6.45) is 0. The molecule has 0 aromatic heterocycles. The van der Waals surface area contributed by atoms with Crippen LogP contribution in [0.1, 0.15) is 12.5 Å². The summed E-state index contributed by atoms with van der Waals surface area (Å²) in [6, 6.07) is 3.53. The minimum atomic E-state index is -0.801. The Balaban J connectivity index is 2.15. The van der Waals surface area contributed by atoms with Crippen molar-refractivity contribution in [2.75, 3.05) is 19.6 Å². The van der Waals surface area contributed by atoms with Gasteiger partial charge in [0.25, 0.3) is 0 Å². The van der Waals surface area contributed by atoms with Crippen molar-refractivity contribution < 1.29 is 8.78 Å². The fourth-order valence-corrected chi connectivity index (χ4v) is 2.33. The molecular formula is C12H15BrF2N2. The van der Waals surface area contributed by atoms with Gasteiger partial charge in [0.2, 0.25) is 0 Å². The van der Waals surface area contributed by atoms with E-state index in [1.54, 1.807) is 12.1 Å². The first-order valence-electron chi connectivity index (χ1n) is 5.66. The molecule has 17 heavy (non-hydrogen) atoms. The number of nitrogens with zero attached hydrogens (tertiary/aromatic N) is 1. The second-order valence-corrected chi connectivity index (χ2v) is 5.21. The molecule has 1 atom stereocenters. The van der Waals surface area contributed by atoms with Crippen LogP contribution in [0.4, 0.5) is 8.78 Å². The molecule has 1 unspecified atom stereocenters. The first-order chi connectivity index (χ1) is 8.09. The van der Waals surface area contributed by atoms with E-state index in [9.17, 15) is 8.78 Å². The first-order valence-corrected chi connectivity index (χ1v) is 6.46. The van der Waals surface area contributed by atoms with E-state index >= 15 is 0 Å². The van der Waals surface area contributed by atoms with Gasteiger partial charge in [-0.15, -0.1) is 0 Å². The zero-order chi connectivity index (χ0) is 12.4. The van der Waals surface area contributed by atoms with Crippen molar-refractivity contribution in [3.63, 3.8) is 0 Å². The molecule has 0 saturated carbocycles. The number of rotatable bonds is 2. The summed E-state index contributed by atoms with van der Waals surface area (Å²) in [5, 5.41) is 3.27. The van der Waals surface area contributed by atoms with Crippen LogP contribution in [-0.4, -0.2) is 30.6 Å². The number of hydrogen-bond acceptors (Lipinski definition) is 2. The van der Waals surface area contributed by atoms with Gasteiger partial charge < -0.3 is 5.32 Å². The maximum Gasteiger partial charge on any atom is 0.173 e. The van der Waals surface area contributed by atoms with Crippen LogP contribution in [0.15, 0.2) is 16.6 Å². The molecule has 0 aliphatic carbocycles. The van der Waals surface area contributed by atoms with Crippen molar-refractivity contribution in [3.8, 4) is 0 Å². The molecule has 5 heteroatoms. The van der Waals surface area contributed by atoms with E-state index < -0.39 is 11.6 Å². The third kappa shape index (κ3) is 2.84. The molecule has 2 rings (SSSR count). The molecule has 1 fully saturated rings. The Morgan fingerprint density at radius 3 is 2.88 bits per heavy atom. The lowest BCUT2D eigenvalue weighted by Gasteiger charge is -2.33. The monoisotopic (exact) mass is 304 g/mol.